The van der Waals surface area contributed by atoms with Gasteiger partial charge in [0.25, 0.3) is 0 Å². The van der Waals surface area contributed by atoms with Gasteiger partial charge < -0.3 is 0 Å². The zero-order chi connectivity index (χ0) is 13.7. The predicted octanol–water partition coefficient (Wildman–Crippen LogP) is 6.21. The van der Waals surface area contributed by atoms with E-state index in [9.17, 15) is 0 Å². The molecule has 0 aromatic heterocycles. The van der Waals surface area contributed by atoms with Crippen molar-refractivity contribution in [3.05, 3.63) is 0 Å². The molecule has 0 atom stereocenters. The first kappa shape index (κ1) is 19.3. The van der Waals surface area contributed by atoms with Crippen molar-refractivity contribution in [3.8, 4) is 0 Å². The Bertz CT molecular complexity index is 188. The molecule has 17 heavy (non-hydrogen) atoms. The second-order valence-electron chi connectivity index (χ2n) is 4.66. The Balaban J connectivity index is 5.60. The fourth-order valence-electron chi connectivity index (χ4n) is 2.70. The van der Waals surface area contributed by atoms with Crippen LogP contribution in [0.5, 0.6) is 0 Å². The Kier molecular flexibility index (Phi) is 9.01. The van der Waals surface area contributed by atoms with Crippen LogP contribution in [0.2, 0.25) is 0 Å². The molecule has 0 nitrogen and oxygen atoms in total. The molecule has 0 heterocycles. The van der Waals surface area contributed by atoms with Crippen molar-refractivity contribution in [2.75, 3.05) is 37.0 Å². The van der Waals surface area contributed by atoms with Crippen LogP contribution in [0.15, 0.2) is 0 Å². The number of hydrogen-bond donors (Lipinski definition) is 0. The zero-order valence-electron chi connectivity index (χ0n) is 12.3. The van der Waals surface area contributed by atoms with Crippen molar-refractivity contribution in [1.82, 2.24) is 0 Å². The summed E-state index contributed by atoms with van der Waals surface area (Å²) in [6, 6.07) is -2.31. The Morgan fingerprint density at radius 1 is 0.588 bits per heavy atom. The molecule has 114 valence electrons. The van der Waals surface area contributed by atoms with Gasteiger partial charge in [-0.15, -0.1) is 0 Å². The van der Waals surface area contributed by atoms with Gasteiger partial charge in [-0.25, -0.2) is 0 Å². The molecule has 0 aliphatic heterocycles. The summed E-state index contributed by atoms with van der Waals surface area (Å²) in [6.45, 7) is 14.6. The molecule has 0 bridgehead atoms. The normalized spacial score (nSPS) is 16.9. The molecule has 0 aromatic carbocycles. The maximum atomic E-state index is 4.32. The topological polar surface area (TPSA) is 0 Å². The van der Waals surface area contributed by atoms with Gasteiger partial charge in [-0.3, -0.25) is 0 Å². The van der Waals surface area contributed by atoms with E-state index in [4.69, 9.17) is 0 Å². The fraction of sp³-hybridized carbons (Fsp3) is 1.00. The van der Waals surface area contributed by atoms with Crippen LogP contribution < -0.4 is 0 Å². The fourth-order valence-corrected chi connectivity index (χ4v) is 62.7. The van der Waals surface area contributed by atoms with E-state index in [1.54, 1.807) is 0 Å². The number of rotatable bonds is 8. The van der Waals surface area contributed by atoms with E-state index < -0.39 is 20.1 Å². The summed E-state index contributed by atoms with van der Waals surface area (Å²) in [5, 5.41) is 0. The SMILES string of the molecule is CC[PH](CC)(CC)[Ni]([Br])([Br])[PH](CC)(CC)CC. The van der Waals surface area contributed by atoms with Gasteiger partial charge in [0.2, 0.25) is 0 Å². The third-order valence-corrected chi connectivity index (χ3v) is 62.3. The van der Waals surface area contributed by atoms with Gasteiger partial charge in [0, 0.05) is 0 Å². The molecule has 0 rings (SSSR count). The second kappa shape index (κ2) is 7.93. The molecule has 0 unspecified atom stereocenters. The van der Waals surface area contributed by atoms with E-state index in [2.05, 4.69) is 70.0 Å². The minimum absolute atomic E-state index is 0.811. The summed E-state index contributed by atoms with van der Waals surface area (Å²) < 4.78 is 0. The Labute approximate surface area is 126 Å². The van der Waals surface area contributed by atoms with E-state index in [0.717, 1.165) is 0 Å². The quantitative estimate of drug-likeness (QED) is 0.301. The first-order chi connectivity index (χ1) is 7.86. The number of halogens is 2. The second-order valence-corrected chi connectivity index (χ2v) is 42.5. The van der Waals surface area contributed by atoms with Crippen LogP contribution >= 0.6 is 40.5 Å². The number of hydrogen-bond acceptors (Lipinski definition) is 0. The molecule has 0 saturated carbocycles. The van der Waals surface area contributed by atoms with Crippen LogP contribution in [0, 0.1) is 0 Å². The van der Waals surface area contributed by atoms with Crippen LogP contribution in [-0.2, 0) is 7.98 Å². The van der Waals surface area contributed by atoms with Crippen LogP contribution in [0.25, 0.3) is 0 Å². The summed E-state index contributed by atoms with van der Waals surface area (Å²) in [7, 11) is -0.811. The van der Waals surface area contributed by atoms with Crippen molar-refractivity contribution < 1.29 is 7.98 Å². The van der Waals surface area contributed by atoms with Crippen LogP contribution in [-0.4, -0.2) is 37.0 Å². The summed E-state index contributed by atoms with van der Waals surface area (Å²) in [4.78, 5) is 0. The van der Waals surface area contributed by atoms with Crippen LogP contribution in [0.1, 0.15) is 41.5 Å². The molecule has 0 N–H and O–H groups in total. The van der Waals surface area contributed by atoms with E-state index in [1.165, 1.54) is 37.0 Å². The summed E-state index contributed by atoms with van der Waals surface area (Å²) in [5.41, 5.74) is 0. The van der Waals surface area contributed by atoms with Gasteiger partial charge in [0.15, 0.2) is 0 Å². The van der Waals surface area contributed by atoms with Gasteiger partial charge in [0.1, 0.15) is 0 Å². The molecule has 0 aliphatic rings. The molecule has 0 amide bonds. The van der Waals surface area contributed by atoms with E-state index in [1.807, 2.05) is 0 Å². The third-order valence-electron chi connectivity index (χ3n) is 4.51. The molecule has 5 heteroatoms. The van der Waals surface area contributed by atoms with Crippen molar-refractivity contribution >= 4 is 40.5 Å². The molecule has 0 fully saturated rings. The van der Waals surface area contributed by atoms with E-state index >= 15 is 0 Å². The van der Waals surface area contributed by atoms with E-state index in [-0.39, 0.29) is 0 Å². The summed E-state index contributed by atoms with van der Waals surface area (Å²) in [6.07, 6.45) is 8.61. The zero-order valence-corrected chi connectivity index (χ0v) is 18.5. The first-order valence-electron chi connectivity index (χ1n) is 6.92. The molecular weight excluding hydrogens is 425 g/mol. The Morgan fingerprint density at radius 2 is 0.765 bits per heavy atom. The van der Waals surface area contributed by atoms with Crippen LogP contribution in [0.3, 0.4) is 0 Å². The predicted molar refractivity (Wildman–Crippen MR) is 97.7 cm³/mol. The summed E-state index contributed by atoms with van der Waals surface area (Å²) >= 11 is 8.65. The molecule has 0 saturated heterocycles. The van der Waals surface area contributed by atoms with Gasteiger partial charge in [-0.05, 0) is 0 Å². The first-order valence-corrected chi connectivity index (χ1v) is 19.6. The van der Waals surface area contributed by atoms with Gasteiger partial charge >= 0.3 is 127 Å². The average molecular weight is 457 g/mol. The van der Waals surface area contributed by atoms with Crippen LogP contribution in [0.4, 0.5) is 0 Å². The van der Waals surface area contributed by atoms with Gasteiger partial charge in [-0.1, -0.05) is 0 Å². The molecular formula is C12H32Br2NiP2. The Morgan fingerprint density at radius 3 is 0.882 bits per heavy atom. The average Bonchev–Trinajstić information content (AvgIpc) is 2.34. The molecule has 0 spiro atoms. The molecule has 0 aromatic rings. The summed E-state index contributed by atoms with van der Waals surface area (Å²) in [5.74, 6) is 0. The van der Waals surface area contributed by atoms with Gasteiger partial charge in [0.05, 0.1) is 0 Å². The third kappa shape index (κ3) is 3.32. The standard InChI is InChI=1S/2C6H15P.2BrH.Ni/c2*1-4-7(5-2)6-3;;;/h2*4-6H2,1-3H3;2*1H;. The van der Waals surface area contributed by atoms with Gasteiger partial charge in [-0.2, -0.15) is 0 Å². The monoisotopic (exact) mass is 454 g/mol. The molecule has 0 aliphatic carbocycles. The van der Waals surface area contributed by atoms with Crippen molar-refractivity contribution in [3.63, 3.8) is 0 Å². The maximum absolute atomic E-state index is 4.32. The van der Waals surface area contributed by atoms with Crippen molar-refractivity contribution in [1.29, 1.82) is 0 Å². The Hall–Kier alpha value is 2.31. The van der Waals surface area contributed by atoms with Crippen molar-refractivity contribution in [2.45, 2.75) is 41.5 Å². The minimum atomic E-state index is -1.15. The molecule has 0 radical (unpaired) electrons. The van der Waals surface area contributed by atoms with Crippen molar-refractivity contribution in [2.24, 2.45) is 0 Å². The van der Waals surface area contributed by atoms with E-state index in [0.29, 0.717) is 0 Å².